The van der Waals surface area contributed by atoms with E-state index < -0.39 is 11.6 Å². The quantitative estimate of drug-likeness (QED) is 0.923. The van der Waals surface area contributed by atoms with Crippen LogP contribution >= 0.6 is 0 Å². The molecule has 0 amide bonds. The third-order valence-corrected chi connectivity index (χ3v) is 3.03. The minimum absolute atomic E-state index is 0.166. The van der Waals surface area contributed by atoms with Crippen LogP contribution in [-0.4, -0.2) is 16.5 Å². The molecular formula is C16H19F2N3. The molecule has 0 bridgehead atoms. The van der Waals surface area contributed by atoms with Crippen LogP contribution in [0.2, 0.25) is 0 Å². The summed E-state index contributed by atoms with van der Waals surface area (Å²) in [4.78, 5) is 8.85. The molecule has 0 aliphatic heterocycles. The van der Waals surface area contributed by atoms with Gasteiger partial charge in [-0.15, -0.1) is 0 Å². The highest BCUT2D eigenvalue weighted by atomic mass is 19.2. The van der Waals surface area contributed by atoms with Gasteiger partial charge in [0.1, 0.15) is 5.82 Å². The zero-order chi connectivity index (χ0) is 15.6. The fourth-order valence-corrected chi connectivity index (χ4v) is 1.87. The molecule has 0 aliphatic rings. The molecule has 0 fully saturated rings. The van der Waals surface area contributed by atoms with Crippen LogP contribution in [0.25, 0.3) is 11.4 Å². The highest BCUT2D eigenvalue weighted by Crippen LogP contribution is 2.26. The Morgan fingerprint density at radius 3 is 2.33 bits per heavy atom. The maximum Gasteiger partial charge on any atom is 0.161 e. The molecule has 0 saturated carbocycles. The van der Waals surface area contributed by atoms with Crippen molar-refractivity contribution in [3.05, 3.63) is 41.6 Å². The Hall–Kier alpha value is -2.04. The molecule has 1 N–H and O–H groups in total. The number of halogens is 2. The van der Waals surface area contributed by atoms with Gasteiger partial charge < -0.3 is 5.32 Å². The molecule has 2 rings (SSSR count). The fraction of sp³-hybridized carbons (Fsp3) is 0.375. The van der Waals surface area contributed by atoms with Crippen molar-refractivity contribution in [2.24, 2.45) is 0 Å². The first-order valence-corrected chi connectivity index (χ1v) is 6.90. The van der Waals surface area contributed by atoms with Crippen molar-refractivity contribution in [3.8, 4) is 11.4 Å². The minimum atomic E-state index is -0.901. The largest absolute Gasteiger partial charge is 0.370 e. The van der Waals surface area contributed by atoms with E-state index in [0.717, 1.165) is 24.4 Å². The van der Waals surface area contributed by atoms with Crippen LogP contribution in [-0.2, 0) is 5.41 Å². The summed E-state index contributed by atoms with van der Waals surface area (Å²) >= 11 is 0. The lowest BCUT2D eigenvalue weighted by atomic mass is 9.91. The van der Waals surface area contributed by atoms with E-state index in [0.29, 0.717) is 17.2 Å². The molecule has 112 valence electrons. The Kier molecular flexibility index (Phi) is 4.21. The normalized spacial score (nSPS) is 11.5. The summed E-state index contributed by atoms with van der Waals surface area (Å²) < 4.78 is 26.5. The van der Waals surface area contributed by atoms with E-state index >= 15 is 0 Å². The van der Waals surface area contributed by atoms with E-state index in [1.165, 1.54) is 6.07 Å². The van der Waals surface area contributed by atoms with Crippen LogP contribution in [0.5, 0.6) is 0 Å². The molecular weight excluding hydrogens is 272 g/mol. The molecule has 0 atom stereocenters. The maximum absolute atomic E-state index is 13.4. The highest BCUT2D eigenvalue weighted by Gasteiger charge is 2.19. The average Bonchev–Trinajstić information content (AvgIpc) is 2.41. The van der Waals surface area contributed by atoms with Crippen molar-refractivity contribution in [3.63, 3.8) is 0 Å². The zero-order valence-electron chi connectivity index (χ0n) is 12.7. The number of benzene rings is 1. The summed E-state index contributed by atoms with van der Waals surface area (Å²) in [5.74, 6) is -0.714. The monoisotopic (exact) mass is 291 g/mol. The number of hydrogen-bond donors (Lipinski definition) is 1. The molecule has 2 aromatic rings. The van der Waals surface area contributed by atoms with Gasteiger partial charge in [-0.3, -0.25) is 0 Å². The first-order valence-electron chi connectivity index (χ1n) is 6.90. The third-order valence-electron chi connectivity index (χ3n) is 3.03. The molecule has 21 heavy (non-hydrogen) atoms. The molecule has 5 heteroatoms. The Balaban J connectivity index is 2.56. The van der Waals surface area contributed by atoms with Crippen LogP contribution in [0.15, 0.2) is 24.3 Å². The second-order valence-electron chi connectivity index (χ2n) is 5.87. The predicted molar refractivity (Wildman–Crippen MR) is 80.2 cm³/mol. The molecule has 0 radical (unpaired) electrons. The Bertz CT molecular complexity index is 648. The van der Waals surface area contributed by atoms with Gasteiger partial charge in [-0.1, -0.05) is 20.8 Å². The van der Waals surface area contributed by atoms with Crippen LogP contribution < -0.4 is 5.32 Å². The molecule has 3 nitrogen and oxygen atoms in total. The number of nitrogens with zero attached hydrogens (tertiary/aromatic N) is 2. The lowest BCUT2D eigenvalue weighted by Gasteiger charge is -2.19. The first-order chi connectivity index (χ1) is 9.81. The predicted octanol–water partition coefficient (Wildman–Crippen LogP) is 4.15. The number of nitrogens with one attached hydrogen (secondary N) is 1. The Labute approximate surface area is 123 Å². The third kappa shape index (κ3) is 3.54. The van der Waals surface area contributed by atoms with Crippen LogP contribution in [0, 0.1) is 11.6 Å². The minimum Gasteiger partial charge on any atom is -0.370 e. The molecule has 0 saturated heterocycles. The fourth-order valence-electron chi connectivity index (χ4n) is 1.87. The zero-order valence-corrected chi connectivity index (χ0v) is 12.7. The van der Waals surface area contributed by atoms with E-state index in [-0.39, 0.29) is 5.41 Å². The van der Waals surface area contributed by atoms with Gasteiger partial charge in [0.25, 0.3) is 0 Å². The average molecular weight is 291 g/mol. The number of anilines is 1. The van der Waals surface area contributed by atoms with E-state index in [2.05, 4.69) is 15.3 Å². The van der Waals surface area contributed by atoms with E-state index in [4.69, 9.17) is 0 Å². The number of rotatable bonds is 3. The first kappa shape index (κ1) is 15.4. The Morgan fingerprint density at radius 2 is 1.76 bits per heavy atom. The summed E-state index contributed by atoms with van der Waals surface area (Å²) in [5.41, 5.74) is 1.13. The highest BCUT2D eigenvalue weighted by molar-refractivity contribution is 5.58. The van der Waals surface area contributed by atoms with Gasteiger partial charge in [-0.05, 0) is 25.1 Å². The summed E-state index contributed by atoms with van der Waals surface area (Å²) in [6.45, 7) is 8.81. The molecule has 0 spiro atoms. The smallest absolute Gasteiger partial charge is 0.161 e. The standard InChI is InChI=1S/C16H19F2N3/c1-5-19-14-9-13(16(2,3)4)20-15(21-14)10-6-7-11(17)12(18)8-10/h6-9H,5H2,1-4H3,(H,19,20,21). The number of hydrogen-bond acceptors (Lipinski definition) is 3. The van der Waals surface area contributed by atoms with Crippen LogP contribution in [0.4, 0.5) is 14.6 Å². The maximum atomic E-state index is 13.4. The van der Waals surface area contributed by atoms with Gasteiger partial charge >= 0.3 is 0 Å². The summed E-state index contributed by atoms with van der Waals surface area (Å²) in [5, 5.41) is 3.14. The molecule has 1 heterocycles. The van der Waals surface area contributed by atoms with Gasteiger partial charge in [-0.25, -0.2) is 18.7 Å². The van der Waals surface area contributed by atoms with Gasteiger partial charge in [-0.2, -0.15) is 0 Å². The summed E-state index contributed by atoms with van der Waals surface area (Å²) in [6, 6.07) is 5.57. The molecule has 1 aromatic heterocycles. The van der Waals surface area contributed by atoms with Crippen molar-refractivity contribution >= 4 is 5.82 Å². The molecule has 0 aliphatic carbocycles. The number of aromatic nitrogens is 2. The topological polar surface area (TPSA) is 37.8 Å². The summed E-state index contributed by atoms with van der Waals surface area (Å²) in [6.07, 6.45) is 0. The van der Waals surface area contributed by atoms with Gasteiger partial charge in [0, 0.05) is 23.6 Å². The Morgan fingerprint density at radius 1 is 1.05 bits per heavy atom. The van der Waals surface area contributed by atoms with Crippen molar-refractivity contribution < 1.29 is 8.78 Å². The van der Waals surface area contributed by atoms with Crippen LogP contribution in [0.3, 0.4) is 0 Å². The lowest BCUT2D eigenvalue weighted by molar-refractivity contribution is 0.509. The molecule has 0 unspecified atom stereocenters. The van der Waals surface area contributed by atoms with Gasteiger partial charge in [0.2, 0.25) is 0 Å². The second-order valence-corrected chi connectivity index (χ2v) is 5.87. The van der Waals surface area contributed by atoms with Gasteiger partial charge in [0.15, 0.2) is 17.5 Å². The lowest BCUT2D eigenvalue weighted by Crippen LogP contribution is -2.16. The molecule has 1 aromatic carbocycles. The van der Waals surface area contributed by atoms with Crippen molar-refractivity contribution in [2.75, 3.05) is 11.9 Å². The van der Waals surface area contributed by atoms with Crippen molar-refractivity contribution in [2.45, 2.75) is 33.1 Å². The van der Waals surface area contributed by atoms with E-state index in [1.54, 1.807) is 0 Å². The van der Waals surface area contributed by atoms with Crippen molar-refractivity contribution in [1.82, 2.24) is 9.97 Å². The van der Waals surface area contributed by atoms with E-state index in [9.17, 15) is 8.78 Å². The SMILES string of the molecule is CCNc1cc(C(C)(C)C)nc(-c2ccc(F)c(F)c2)n1. The van der Waals surface area contributed by atoms with Crippen molar-refractivity contribution in [1.29, 1.82) is 0 Å². The van der Waals surface area contributed by atoms with Gasteiger partial charge in [0.05, 0.1) is 5.69 Å². The summed E-state index contributed by atoms with van der Waals surface area (Å²) in [7, 11) is 0. The van der Waals surface area contributed by atoms with Crippen LogP contribution in [0.1, 0.15) is 33.4 Å². The second kappa shape index (κ2) is 5.76. The van der Waals surface area contributed by atoms with E-state index in [1.807, 2.05) is 33.8 Å².